The number of ether oxygens (including phenoxy) is 2. The third-order valence-corrected chi connectivity index (χ3v) is 4.28. The summed E-state index contributed by atoms with van der Waals surface area (Å²) in [5.74, 6) is 1.23. The van der Waals surface area contributed by atoms with Crippen molar-refractivity contribution in [2.24, 2.45) is 0 Å². The Hall–Kier alpha value is -2.20. The molecule has 2 aromatic carbocycles. The van der Waals surface area contributed by atoms with Crippen LogP contribution in [0.15, 0.2) is 36.4 Å². The van der Waals surface area contributed by atoms with E-state index < -0.39 is 0 Å². The molecule has 0 unspecified atom stereocenters. The fourth-order valence-electron chi connectivity index (χ4n) is 2.86. The van der Waals surface area contributed by atoms with Crippen LogP contribution in [0.3, 0.4) is 0 Å². The van der Waals surface area contributed by atoms with Crippen molar-refractivity contribution in [1.82, 2.24) is 4.90 Å². The van der Waals surface area contributed by atoms with Gasteiger partial charge in [0.05, 0.1) is 14.2 Å². The lowest BCUT2D eigenvalue weighted by atomic mass is 9.97. The van der Waals surface area contributed by atoms with E-state index in [1.807, 2.05) is 35.2 Å². The highest BCUT2D eigenvalue weighted by molar-refractivity contribution is 6.30. The van der Waals surface area contributed by atoms with E-state index >= 15 is 0 Å². The van der Waals surface area contributed by atoms with E-state index in [4.69, 9.17) is 21.1 Å². The lowest BCUT2D eigenvalue weighted by molar-refractivity contribution is 0.0726. The van der Waals surface area contributed by atoms with Gasteiger partial charge >= 0.3 is 0 Å². The molecule has 0 saturated carbocycles. The van der Waals surface area contributed by atoms with Crippen molar-refractivity contribution >= 4 is 17.5 Å². The zero-order chi connectivity index (χ0) is 16.4. The highest BCUT2D eigenvalue weighted by Crippen LogP contribution is 2.33. The Bertz CT molecular complexity index is 745. The predicted octanol–water partition coefficient (Wildman–Crippen LogP) is 3.56. The molecule has 0 bridgehead atoms. The SMILES string of the molecule is COc1cc2c(cc1OC)C(=O)N(Cc1cccc(Cl)c1)CC2. The summed E-state index contributed by atoms with van der Waals surface area (Å²) in [6.07, 6.45) is 0.794. The molecule has 3 rings (SSSR count). The van der Waals surface area contributed by atoms with E-state index in [-0.39, 0.29) is 5.91 Å². The molecule has 0 saturated heterocycles. The first kappa shape index (κ1) is 15.7. The van der Waals surface area contributed by atoms with Crippen LogP contribution in [0.4, 0.5) is 0 Å². The third-order valence-electron chi connectivity index (χ3n) is 4.04. The molecule has 0 radical (unpaired) electrons. The second kappa shape index (κ2) is 6.50. The molecule has 1 aliphatic rings. The van der Waals surface area contributed by atoms with E-state index in [0.29, 0.717) is 35.2 Å². The number of benzene rings is 2. The van der Waals surface area contributed by atoms with Crippen LogP contribution in [0.5, 0.6) is 11.5 Å². The van der Waals surface area contributed by atoms with Crippen LogP contribution < -0.4 is 9.47 Å². The van der Waals surface area contributed by atoms with Crippen LogP contribution in [-0.2, 0) is 13.0 Å². The van der Waals surface area contributed by atoms with E-state index in [1.54, 1.807) is 20.3 Å². The molecule has 0 aromatic heterocycles. The van der Waals surface area contributed by atoms with E-state index in [2.05, 4.69) is 0 Å². The number of carbonyl (C=O) groups excluding carboxylic acids is 1. The summed E-state index contributed by atoms with van der Waals surface area (Å²) in [7, 11) is 3.17. The third kappa shape index (κ3) is 3.13. The monoisotopic (exact) mass is 331 g/mol. The van der Waals surface area contributed by atoms with Crippen LogP contribution in [-0.4, -0.2) is 31.6 Å². The van der Waals surface area contributed by atoms with Crippen molar-refractivity contribution in [3.05, 3.63) is 58.1 Å². The minimum absolute atomic E-state index is 0.00665. The largest absolute Gasteiger partial charge is 0.493 e. The first-order chi connectivity index (χ1) is 11.1. The van der Waals surface area contributed by atoms with Gasteiger partial charge in [-0.1, -0.05) is 23.7 Å². The molecule has 1 aliphatic heterocycles. The molecule has 0 fully saturated rings. The Balaban J connectivity index is 1.88. The topological polar surface area (TPSA) is 38.8 Å². The maximum absolute atomic E-state index is 12.8. The highest BCUT2D eigenvalue weighted by Gasteiger charge is 2.26. The fourth-order valence-corrected chi connectivity index (χ4v) is 3.07. The van der Waals surface area contributed by atoms with Crippen molar-refractivity contribution in [2.45, 2.75) is 13.0 Å². The number of nitrogens with zero attached hydrogens (tertiary/aromatic N) is 1. The van der Waals surface area contributed by atoms with E-state index in [9.17, 15) is 4.79 Å². The van der Waals surface area contributed by atoms with Crippen LogP contribution in [0.25, 0.3) is 0 Å². The number of methoxy groups -OCH3 is 2. The summed E-state index contributed by atoms with van der Waals surface area (Å²) in [6, 6.07) is 11.2. The molecular formula is C18H18ClNO3. The maximum atomic E-state index is 12.8. The Labute approximate surface area is 140 Å². The van der Waals surface area contributed by atoms with Crippen LogP contribution >= 0.6 is 11.6 Å². The van der Waals surface area contributed by atoms with Gasteiger partial charge in [0.25, 0.3) is 5.91 Å². The number of amides is 1. The second-order valence-corrected chi connectivity index (χ2v) is 5.91. The number of rotatable bonds is 4. The van der Waals surface area contributed by atoms with Crippen molar-refractivity contribution in [3.8, 4) is 11.5 Å². The van der Waals surface area contributed by atoms with Gasteiger partial charge in [-0.3, -0.25) is 4.79 Å². The van der Waals surface area contributed by atoms with Gasteiger partial charge in [-0.15, -0.1) is 0 Å². The number of hydrogen-bond donors (Lipinski definition) is 0. The predicted molar refractivity (Wildman–Crippen MR) is 89.4 cm³/mol. The molecule has 2 aromatic rings. The van der Waals surface area contributed by atoms with Crippen molar-refractivity contribution < 1.29 is 14.3 Å². The molecule has 23 heavy (non-hydrogen) atoms. The lowest BCUT2D eigenvalue weighted by Crippen LogP contribution is -2.37. The standard InChI is InChI=1S/C18H18ClNO3/c1-22-16-9-13-6-7-20(11-12-4-3-5-14(19)8-12)18(21)15(13)10-17(16)23-2/h3-5,8-10H,6-7,11H2,1-2H3. The zero-order valence-electron chi connectivity index (χ0n) is 13.1. The maximum Gasteiger partial charge on any atom is 0.254 e. The Morgan fingerprint density at radius 2 is 1.87 bits per heavy atom. The van der Waals surface area contributed by atoms with Gasteiger partial charge in [0.15, 0.2) is 11.5 Å². The summed E-state index contributed by atoms with van der Waals surface area (Å²) in [4.78, 5) is 14.6. The van der Waals surface area contributed by atoms with Gasteiger partial charge in [-0.25, -0.2) is 0 Å². The molecule has 4 nitrogen and oxygen atoms in total. The molecule has 5 heteroatoms. The van der Waals surface area contributed by atoms with Crippen molar-refractivity contribution in [2.75, 3.05) is 20.8 Å². The molecular weight excluding hydrogens is 314 g/mol. The van der Waals surface area contributed by atoms with Crippen LogP contribution in [0, 0.1) is 0 Å². The second-order valence-electron chi connectivity index (χ2n) is 5.47. The number of carbonyl (C=O) groups is 1. The molecule has 1 heterocycles. The summed E-state index contributed by atoms with van der Waals surface area (Å²) in [6.45, 7) is 1.22. The first-order valence-corrected chi connectivity index (χ1v) is 7.79. The van der Waals surface area contributed by atoms with Crippen molar-refractivity contribution in [1.29, 1.82) is 0 Å². The molecule has 0 spiro atoms. The molecule has 120 valence electrons. The van der Waals surface area contributed by atoms with Gasteiger partial charge in [0.1, 0.15) is 0 Å². The van der Waals surface area contributed by atoms with Gasteiger partial charge in [0.2, 0.25) is 0 Å². The average molecular weight is 332 g/mol. The van der Waals surface area contributed by atoms with Crippen LogP contribution in [0.1, 0.15) is 21.5 Å². The molecule has 0 atom stereocenters. The van der Waals surface area contributed by atoms with Gasteiger partial charge in [0, 0.05) is 23.7 Å². The summed E-state index contributed by atoms with van der Waals surface area (Å²) < 4.78 is 10.6. The number of hydrogen-bond acceptors (Lipinski definition) is 3. The lowest BCUT2D eigenvalue weighted by Gasteiger charge is -2.29. The smallest absolute Gasteiger partial charge is 0.254 e. The minimum Gasteiger partial charge on any atom is -0.493 e. The normalized spacial score (nSPS) is 13.7. The zero-order valence-corrected chi connectivity index (χ0v) is 13.9. The average Bonchev–Trinajstić information content (AvgIpc) is 2.56. The molecule has 0 aliphatic carbocycles. The van der Waals surface area contributed by atoms with Gasteiger partial charge in [-0.05, 0) is 41.8 Å². The summed E-state index contributed by atoms with van der Waals surface area (Å²) >= 11 is 6.02. The van der Waals surface area contributed by atoms with Gasteiger partial charge < -0.3 is 14.4 Å². The van der Waals surface area contributed by atoms with Crippen molar-refractivity contribution in [3.63, 3.8) is 0 Å². The van der Waals surface area contributed by atoms with Gasteiger partial charge in [-0.2, -0.15) is 0 Å². The fraction of sp³-hybridized carbons (Fsp3) is 0.278. The van der Waals surface area contributed by atoms with Crippen LogP contribution in [0.2, 0.25) is 5.02 Å². The summed E-state index contributed by atoms with van der Waals surface area (Å²) in [5.41, 5.74) is 2.70. The minimum atomic E-state index is 0.00665. The quantitative estimate of drug-likeness (QED) is 0.860. The number of halogens is 1. The Morgan fingerprint density at radius 1 is 1.13 bits per heavy atom. The number of fused-ring (bicyclic) bond motifs is 1. The molecule has 0 N–H and O–H groups in total. The Morgan fingerprint density at radius 3 is 2.57 bits per heavy atom. The van der Waals surface area contributed by atoms with E-state index in [1.165, 1.54) is 0 Å². The van der Waals surface area contributed by atoms with E-state index in [0.717, 1.165) is 17.5 Å². The highest BCUT2D eigenvalue weighted by atomic mass is 35.5. The summed E-state index contributed by atoms with van der Waals surface area (Å²) in [5, 5.41) is 0.679. The Kier molecular flexibility index (Phi) is 4.44. The molecule has 1 amide bonds. The first-order valence-electron chi connectivity index (χ1n) is 7.41.